The Labute approximate surface area is 164 Å². The SMILES string of the molecule is CC(C)(C)c1ccc(Oc2cccc(/C=C/c3cnc(C(=O)O)cn3)c2)cc1. The maximum Gasteiger partial charge on any atom is 0.356 e. The number of carbonyl (C=O) groups is 1. The zero-order chi connectivity index (χ0) is 20.1. The molecule has 0 aliphatic rings. The number of nitrogens with zero attached hydrogens (tertiary/aromatic N) is 2. The standard InChI is InChI=1S/C23H22N2O3/c1-23(2,3)17-8-11-19(12-9-17)28-20-6-4-5-16(13-20)7-10-18-14-25-21(15-24-18)22(26)27/h4-15H,1-3H3,(H,26,27)/b10-7+. The van der Waals surface area contributed by atoms with Crippen LogP contribution in [0.5, 0.6) is 11.5 Å². The summed E-state index contributed by atoms with van der Waals surface area (Å²) in [7, 11) is 0. The van der Waals surface area contributed by atoms with Crippen LogP contribution in [0.25, 0.3) is 12.2 Å². The molecule has 0 aliphatic heterocycles. The zero-order valence-corrected chi connectivity index (χ0v) is 16.1. The van der Waals surface area contributed by atoms with Gasteiger partial charge in [-0.05, 0) is 46.9 Å². The number of carboxylic acids is 1. The van der Waals surface area contributed by atoms with Gasteiger partial charge in [-0.1, -0.05) is 51.1 Å². The second-order valence-electron chi connectivity index (χ2n) is 7.41. The molecule has 0 atom stereocenters. The van der Waals surface area contributed by atoms with Gasteiger partial charge in [-0.3, -0.25) is 4.98 Å². The van der Waals surface area contributed by atoms with Gasteiger partial charge in [0.2, 0.25) is 0 Å². The predicted octanol–water partition coefficient (Wildman–Crippen LogP) is 5.44. The van der Waals surface area contributed by atoms with Crippen LogP contribution < -0.4 is 4.74 Å². The summed E-state index contributed by atoms with van der Waals surface area (Å²) in [6.45, 7) is 6.54. The zero-order valence-electron chi connectivity index (χ0n) is 16.1. The molecule has 3 aromatic rings. The van der Waals surface area contributed by atoms with Gasteiger partial charge in [0, 0.05) is 0 Å². The van der Waals surface area contributed by atoms with E-state index in [1.807, 2.05) is 42.5 Å². The predicted molar refractivity (Wildman–Crippen MR) is 110 cm³/mol. The molecule has 28 heavy (non-hydrogen) atoms. The van der Waals surface area contributed by atoms with Crippen LogP contribution >= 0.6 is 0 Å². The molecule has 3 rings (SSSR count). The maximum atomic E-state index is 10.8. The molecule has 1 N–H and O–H groups in total. The summed E-state index contributed by atoms with van der Waals surface area (Å²) in [6, 6.07) is 15.8. The molecule has 1 heterocycles. The van der Waals surface area contributed by atoms with Crippen molar-refractivity contribution < 1.29 is 14.6 Å². The van der Waals surface area contributed by atoms with E-state index < -0.39 is 5.97 Å². The average Bonchev–Trinajstić information content (AvgIpc) is 2.67. The summed E-state index contributed by atoms with van der Waals surface area (Å²) in [6.07, 6.45) is 6.32. The van der Waals surface area contributed by atoms with E-state index in [-0.39, 0.29) is 11.1 Å². The monoisotopic (exact) mass is 374 g/mol. The topological polar surface area (TPSA) is 72.3 Å². The Morgan fingerprint density at radius 1 is 0.964 bits per heavy atom. The number of hydrogen-bond acceptors (Lipinski definition) is 4. The average molecular weight is 374 g/mol. The summed E-state index contributed by atoms with van der Waals surface area (Å²) in [4.78, 5) is 18.7. The number of ether oxygens (including phenoxy) is 1. The molecule has 0 radical (unpaired) electrons. The summed E-state index contributed by atoms with van der Waals surface area (Å²) < 4.78 is 5.95. The molecule has 0 amide bonds. The van der Waals surface area contributed by atoms with Crippen LogP contribution in [0.1, 0.15) is 48.1 Å². The first-order valence-corrected chi connectivity index (χ1v) is 8.93. The van der Waals surface area contributed by atoms with Crippen LogP contribution in [0.2, 0.25) is 0 Å². The van der Waals surface area contributed by atoms with Crippen LogP contribution in [0.4, 0.5) is 0 Å². The Balaban J connectivity index is 1.70. The summed E-state index contributed by atoms with van der Waals surface area (Å²) >= 11 is 0. The largest absolute Gasteiger partial charge is 0.476 e. The molecule has 0 aliphatic carbocycles. The Kier molecular flexibility index (Phi) is 5.54. The van der Waals surface area contributed by atoms with Crippen LogP contribution in [0.15, 0.2) is 60.9 Å². The summed E-state index contributed by atoms with van der Waals surface area (Å²) in [5, 5.41) is 8.86. The van der Waals surface area contributed by atoms with E-state index in [1.54, 1.807) is 6.08 Å². The van der Waals surface area contributed by atoms with Crippen LogP contribution in [-0.4, -0.2) is 21.0 Å². The second kappa shape index (κ2) is 8.05. The minimum atomic E-state index is -1.09. The first-order valence-electron chi connectivity index (χ1n) is 8.93. The molecule has 0 saturated heterocycles. The quantitative estimate of drug-likeness (QED) is 0.644. The van der Waals surface area contributed by atoms with E-state index in [0.29, 0.717) is 5.69 Å². The van der Waals surface area contributed by atoms with E-state index in [0.717, 1.165) is 17.1 Å². The lowest BCUT2D eigenvalue weighted by Gasteiger charge is -2.19. The van der Waals surface area contributed by atoms with E-state index in [1.165, 1.54) is 18.0 Å². The smallest absolute Gasteiger partial charge is 0.356 e. The van der Waals surface area contributed by atoms with Gasteiger partial charge in [-0.2, -0.15) is 0 Å². The van der Waals surface area contributed by atoms with Crippen LogP contribution in [0.3, 0.4) is 0 Å². The lowest BCUT2D eigenvalue weighted by Crippen LogP contribution is -2.10. The fourth-order valence-corrected chi connectivity index (χ4v) is 2.56. The molecule has 0 unspecified atom stereocenters. The van der Waals surface area contributed by atoms with Crippen molar-refractivity contribution in [2.75, 3.05) is 0 Å². The van der Waals surface area contributed by atoms with Crippen LogP contribution in [0, 0.1) is 0 Å². The summed E-state index contributed by atoms with van der Waals surface area (Å²) in [5.41, 5.74) is 2.80. The summed E-state index contributed by atoms with van der Waals surface area (Å²) in [5.74, 6) is 0.422. The van der Waals surface area contributed by atoms with Crippen LogP contribution in [-0.2, 0) is 5.41 Å². The van der Waals surface area contributed by atoms with Crippen molar-refractivity contribution in [1.29, 1.82) is 0 Å². The molecule has 5 heteroatoms. The van der Waals surface area contributed by atoms with E-state index in [4.69, 9.17) is 9.84 Å². The Morgan fingerprint density at radius 3 is 2.32 bits per heavy atom. The van der Waals surface area contributed by atoms with Crippen molar-refractivity contribution >= 4 is 18.1 Å². The molecule has 5 nitrogen and oxygen atoms in total. The first kappa shape index (κ1) is 19.3. The lowest BCUT2D eigenvalue weighted by atomic mass is 9.87. The molecule has 142 valence electrons. The normalized spacial score (nSPS) is 11.5. The number of hydrogen-bond donors (Lipinski definition) is 1. The minimum Gasteiger partial charge on any atom is -0.476 e. The Morgan fingerprint density at radius 2 is 1.71 bits per heavy atom. The van der Waals surface area contributed by atoms with Crippen molar-refractivity contribution in [3.05, 3.63) is 83.4 Å². The Hall–Kier alpha value is -3.47. The highest BCUT2D eigenvalue weighted by atomic mass is 16.5. The van der Waals surface area contributed by atoms with Crippen molar-refractivity contribution in [3.63, 3.8) is 0 Å². The number of aromatic carboxylic acids is 1. The number of carboxylic acid groups (broad SMARTS) is 1. The van der Waals surface area contributed by atoms with Gasteiger partial charge in [-0.15, -0.1) is 0 Å². The maximum absolute atomic E-state index is 10.8. The third-order valence-corrected chi connectivity index (χ3v) is 4.15. The first-order chi connectivity index (χ1) is 13.3. The molecular formula is C23H22N2O3. The molecule has 2 aromatic carbocycles. The van der Waals surface area contributed by atoms with E-state index in [2.05, 4.69) is 42.9 Å². The lowest BCUT2D eigenvalue weighted by molar-refractivity contribution is 0.0690. The molecule has 0 bridgehead atoms. The van der Waals surface area contributed by atoms with Crippen molar-refractivity contribution in [3.8, 4) is 11.5 Å². The molecular weight excluding hydrogens is 352 g/mol. The molecule has 0 fully saturated rings. The van der Waals surface area contributed by atoms with E-state index in [9.17, 15) is 4.79 Å². The third kappa shape index (κ3) is 5.04. The third-order valence-electron chi connectivity index (χ3n) is 4.15. The number of rotatable bonds is 5. The van der Waals surface area contributed by atoms with Crippen molar-refractivity contribution in [1.82, 2.24) is 9.97 Å². The van der Waals surface area contributed by atoms with E-state index >= 15 is 0 Å². The van der Waals surface area contributed by atoms with Gasteiger partial charge in [-0.25, -0.2) is 9.78 Å². The van der Waals surface area contributed by atoms with Gasteiger partial charge in [0.05, 0.1) is 18.1 Å². The second-order valence-corrected chi connectivity index (χ2v) is 7.41. The Bertz CT molecular complexity index is 986. The van der Waals surface area contributed by atoms with Gasteiger partial charge in [0.1, 0.15) is 11.5 Å². The number of benzene rings is 2. The molecule has 0 spiro atoms. The fraction of sp³-hybridized carbons (Fsp3) is 0.174. The highest BCUT2D eigenvalue weighted by molar-refractivity contribution is 5.85. The molecule has 1 aromatic heterocycles. The minimum absolute atomic E-state index is 0.0787. The van der Waals surface area contributed by atoms with Crippen molar-refractivity contribution in [2.45, 2.75) is 26.2 Å². The molecule has 0 saturated carbocycles. The van der Waals surface area contributed by atoms with Gasteiger partial charge >= 0.3 is 5.97 Å². The van der Waals surface area contributed by atoms with Gasteiger partial charge in [0.25, 0.3) is 0 Å². The van der Waals surface area contributed by atoms with Crippen molar-refractivity contribution in [2.24, 2.45) is 0 Å². The highest BCUT2D eigenvalue weighted by Gasteiger charge is 2.13. The highest BCUT2D eigenvalue weighted by Crippen LogP contribution is 2.27. The fourth-order valence-electron chi connectivity index (χ4n) is 2.56. The van der Waals surface area contributed by atoms with Gasteiger partial charge in [0.15, 0.2) is 5.69 Å². The number of aromatic nitrogens is 2. The van der Waals surface area contributed by atoms with Gasteiger partial charge < -0.3 is 9.84 Å².